The van der Waals surface area contributed by atoms with Gasteiger partial charge in [0.15, 0.2) is 0 Å². The van der Waals surface area contributed by atoms with Crippen molar-refractivity contribution in [2.45, 2.75) is 19.3 Å². The van der Waals surface area contributed by atoms with Crippen LogP contribution in [0.5, 0.6) is 5.75 Å². The number of methoxy groups -OCH3 is 1. The Morgan fingerprint density at radius 2 is 1.65 bits per heavy atom. The number of ether oxygens (including phenoxy) is 2. The summed E-state index contributed by atoms with van der Waals surface area (Å²) >= 11 is 6.05. The molecule has 1 fully saturated rings. The summed E-state index contributed by atoms with van der Waals surface area (Å²) in [4.78, 5) is 16.7. The average molecular weight is 530 g/mol. The minimum atomic E-state index is -0.636. The van der Waals surface area contributed by atoms with Gasteiger partial charge in [-0.3, -0.25) is 4.90 Å². The van der Waals surface area contributed by atoms with Crippen LogP contribution in [0.15, 0.2) is 66.7 Å². The molecule has 0 spiro atoms. The summed E-state index contributed by atoms with van der Waals surface area (Å²) in [6, 6.07) is 18.4. The first-order chi connectivity index (χ1) is 17.9. The highest BCUT2D eigenvalue weighted by molar-refractivity contribution is 6.30. The molecule has 4 rings (SSSR count). The van der Waals surface area contributed by atoms with Crippen LogP contribution in [0.3, 0.4) is 0 Å². The molecule has 0 radical (unpaired) electrons. The topological polar surface area (TPSA) is 54.0 Å². The second-order valence-corrected chi connectivity index (χ2v) is 9.25. The van der Waals surface area contributed by atoms with E-state index < -0.39 is 17.7 Å². The van der Waals surface area contributed by atoms with Crippen molar-refractivity contribution in [3.05, 3.63) is 100 Å². The molecule has 196 valence electrons. The normalized spacial score (nSPS) is 14.9. The molecule has 6 nitrogen and oxygen atoms in total. The van der Waals surface area contributed by atoms with E-state index in [2.05, 4.69) is 10.2 Å². The molecule has 9 heteroatoms. The quantitative estimate of drug-likeness (QED) is 0.402. The van der Waals surface area contributed by atoms with Crippen molar-refractivity contribution in [2.75, 3.05) is 39.8 Å². The predicted molar refractivity (Wildman–Crippen MR) is 139 cm³/mol. The van der Waals surface area contributed by atoms with Crippen molar-refractivity contribution in [2.24, 2.45) is 0 Å². The number of benzene rings is 3. The van der Waals surface area contributed by atoms with Gasteiger partial charge >= 0.3 is 6.03 Å². The van der Waals surface area contributed by atoms with E-state index in [0.29, 0.717) is 44.3 Å². The van der Waals surface area contributed by atoms with E-state index in [1.165, 1.54) is 18.2 Å². The molecule has 1 aliphatic heterocycles. The first kappa shape index (κ1) is 26.9. The molecule has 3 aromatic rings. The fourth-order valence-electron chi connectivity index (χ4n) is 4.29. The van der Waals surface area contributed by atoms with Crippen molar-refractivity contribution < 1.29 is 23.0 Å². The van der Waals surface area contributed by atoms with Crippen molar-refractivity contribution in [3.63, 3.8) is 0 Å². The minimum absolute atomic E-state index is 0.0991. The molecular weight excluding hydrogens is 500 g/mol. The second-order valence-electron chi connectivity index (χ2n) is 8.81. The van der Waals surface area contributed by atoms with Crippen LogP contribution in [0.1, 0.15) is 22.8 Å². The highest BCUT2D eigenvalue weighted by atomic mass is 35.5. The van der Waals surface area contributed by atoms with Crippen molar-refractivity contribution >= 4 is 17.6 Å². The Hall–Kier alpha value is -3.20. The monoisotopic (exact) mass is 529 g/mol. The lowest BCUT2D eigenvalue weighted by atomic mass is 10.1. The van der Waals surface area contributed by atoms with Gasteiger partial charge in [0.2, 0.25) is 0 Å². The third-order valence-electron chi connectivity index (χ3n) is 6.44. The molecular formula is C28H30ClF2N3O3. The first-order valence-electron chi connectivity index (χ1n) is 12.1. The van der Waals surface area contributed by atoms with E-state index in [0.717, 1.165) is 16.9 Å². The van der Waals surface area contributed by atoms with Gasteiger partial charge in [0.25, 0.3) is 0 Å². The third-order valence-corrected chi connectivity index (χ3v) is 6.69. The summed E-state index contributed by atoms with van der Waals surface area (Å²) in [6.45, 7) is 3.07. The molecule has 0 unspecified atom stereocenters. The molecule has 1 heterocycles. The molecule has 3 aromatic carbocycles. The van der Waals surface area contributed by atoms with Gasteiger partial charge in [0, 0.05) is 55.4 Å². The van der Waals surface area contributed by atoms with Crippen molar-refractivity contribution in [1.82, 2.24) is 15.1 Å². The molecule has 1 atom stereocenters. The smallest absolute Gasteiger partial charge is 0.317 e. The molecule has 1 saturated heterocycles. The first-order valence-corrected chi connectivity index (χ1v) is 12.5. The summed E-state index contributed by atoms with van der Waals surface area (Å²) in [6.07, 6.45) is -0.429. The number of nitrogens with zero attached hydrogens (tertiary/aromatic N) is 2. The number of hydrogen-bond acceptors (Lipinski definition) is 4. The molecule has 2 amide bonds. The van der Waals surface area contributed by atoms with Gasteiger partial charge in [-0.25, -0.2) is 13.6 Å². The van der Waals surface area contributed by atoms with E-state index in [1.54, 1.807) is 24.1 Å². The van der Waals surface area contributed by atoms with Crippen molar-refractivity contribution in [1.29, 1.82) is 0 Å². The lowest BCUT2D eigenvalue weighted by molar-refractivity contribution is 0.00340. The number of para-hydroxylation sites is 1. The molecule has 37 heavy (non-hydrogen) atoms. The Morgan fingerprint density at radius 3 is 2.32 bits per heavy atom. The van der Waals surface area contributed by atoms with Crippen LogP contribution < -0.4 is 10.1 Å². The van der Waals surface area contributed by atoms with Crippen LogP contribution in [-0.2, 0) is 17.9 Å². The Labute approximate surface area is 220 Å². The summed E-state index contributed by atoms with van der Waals surface area (Å²) in [5, 5.41) is 3.55. The van der Waals surface area contributed by atoms with Gasteiger partial charge < -0.3 is 19.7 Å². The zero-order chi connectivity index (χ0) is 26.2. The predicted octanol–water partition coefficient (Wildman–Crippen LogP) is 5.41. The zero-order valence-corrected chi connectivity index (χ0v) is 21.4. The third kappa shape index (κ3) is 7.19. The van der Waals surface area contributed by atoms with Crippen LogP contribution in [-0.4, -0.2) is 55.7 Å². The SMILES string of the molecule is COc1ccccc1CNC(=O)N1CCN(C[C@@H](OCc2c(F)cccc2F)c2ccc(Cl)cc2)CC1. The standard InChI is InChI=1S/C28H30ClF2N3O3/c1-36-26-8-3-2-5-21(26)17-32-28(35)34-15-13-33(14-16-34)18-27(20-9-11-22(29)12-10-20)37-19-23-24(30)6-4-7-25(23)31/h2-12,27H,13-19H2,1H3,(H,32,35)/t27-/m1/s1. The zero-order valence-electron chi connectivity index (χ0n) is 20.6. The van der Waals surface area contributed by atoms with Gasteiger partial charge in [-0.1, -0.05) is 48.0 Å². The van der Waals surface area contributed by atoms with Crippen LogP contribution in [0.4, 0.5) is 13.6 Å². The molecule has 0 aliphatic carbocycles. The average Bonchev–Trinajstić information content (AvgIpc) is 2.91. The number of carbonyl (C=O) groups excluding carboxylic acids is 1. The van der Waals surface area contributed by atoms with Gasteiger partial charge in [-0.2, -0.15) is 0 Å². The van der Waals surface area contributed by atoms with Gasteiger partial charge in [-0.15, -0.1) is 0 Å². The summed E-state index contributed by atoms with van der Waals surface area (Å²) in [7, 11) is 1.60. The summed E-state index contributed by atoms with van der Waals surface area (Å²) in [5.74, 6) is -0.540. The number of rotatable bonds is 9. The molecule has 1 aliphatic rings. The summed E-state index contributed by atoms with van der Waals surface area (Å²) in [5.41, 5.74) is 1.67. The Balaban J connectivity index is 1.34. The highest BCUT2D eigenvalue weighted by Gasteiger charge is 2.25. The number of carbonyl (C=O) groups is 1. The fourth-order valence-corrected chi connectivity index (χ4v) is 4.41. The van der Waals surface area contributed by atoms with Crippen LogP contribution in [0.2, 0.25) is 5.02 Å². The maximum atomic E-state index is 14.1. The minimum Gasteiger partial charge on any atom is -0.496 e. The van der Waals surface area contributed by atoms with E-state index >= 15 is 0 Å². The molecule has 1 N–H and O–H groups in total. The number of piperazine rings is 1. The Bertz CT molecular complexity index is 1170. The molecule has 0 bridgehead atoms. The second kappa shape index (κ2) is 12.9. The number of urea groups is 1. The number of nitrogens with one attached hydrogen (secondary N) is 1. The van der Waals surface area contributed by atoms with Crippen LogP contribution in [0, 0.1) is 11.6 Å². The van der Waals surface area contributed by atoms with Gasteiger partial charge in [-0.05, 0) is 35.9 Å². The summed E-state index contributed by atoms with van der Waals surface area (Å²) < 4.78 is 39.7. The Kier molecular flexibility index (Phi) is 9.33. The van der Waals surface area contributed by atoms with E-state index in [-0.39, 0.29) is 18.2 Å². The van der Waals surface area contributed by atoms with Crippen LogP contribution >= 0.6 is 11.6 Å². The van der Waals surface area contributed by atoms with Crippen molar-refractivity contribution in [3.8, 4) is 5.75 Å². The maximum Gasteiger partial charge on any atom is 0.317 e. The van der Waals surface area contributed by atoms with Crippen LogP contribution in [0.25, 0.3) is 0 Å². The molecule has 0 saturated carbocycles. The maximum absolute atomic E-state index is 14.1. The van der Waals surface area contributed by atoms with Gasteiger partial charge in [0.1, 0.15) is 17.4 Å². The van der Waals surface area contributed by atoms with E-state index in [4.69, 9.17) is 21.1 Å². The number of amides is 2. The van der Waals surface area contributed by atoms with Gasteiger partial charge in [0.05, 0.1) is 19.8 Å². The van der Waals surface area contributed by atoms with E-state index in [1.807, 2.05) is 36.4 Å². The Morgan fingerprint density at radius 1 is 0.973 bits per heavy atom. The largest absolute Gasteiger partial charge is 0.496 e. The highest BCUT2D eigenvalue weighted by Crippen LogP contribution is 2.25. The number of halogens is 3. The number of hydrogen-bond donors (Lipinski definition) is 1. The fraction of sp³-hybridized carbons (Fsp3) is 0.321. The van der Waals surface area contributed by atoms with E-state index in [9.17, 15) is 13.6 Å². The lowest BCUT2D eigenvalue weighted by Gasteiger charge is -2.36. The lowest BCUT2D eigenvalue weighted by Crippen LogP contribution is -2.52. The molecule has 0 aromatic heterocycles.